The zero-order chi connectivity index (χ0) is 14.5. The number of benzene rings is 2. The van der Waals surface area contributed by atoms with Crippen LogP contribution in [0.1, 0.15) is 16.8 Å². The Morgan fingerprint density at radius 3 is 2.71 bits per heavy atom. The second-order valence-corrected chi connectivity index (χ2v) is 7.20. The van der Waals surface area contributed by atoms with E-state index in [-0.39, 0.29) is 0 Å². The van der Waals surface area contributed by atoms with E-state index in [2.05, 4.69) is 78.0 Å². The van der Waals surface area contributed by atoms with Crippen LogP contribution in [0.4, 0.5) is 0 Å². The Balaban J connectivity index is 1.61. The third kappa shape index (κ3) is 4.03. The van der Waals surface area contributed by atoms with Crippen LogP contribution in [-0.4, -0.2) is 30.0 Å². The van der Waals surface area contributed by atoms with Crippen molar-refractivity contribution in [3.8, 4) is 0 Å². The van der Waals surface area contributed by atoms with Gasteiger partial charge in [-0.15, -0.1) is 0 Å². The fourth-order valence-electron chi connectivity index (χ4n) is 2.15. The zero-order valence-corrected chi connectivity index (χ0v) is 13.7. The first kappa shape index (κ1) is 14.1. The van der Waals surface area contributed by atoms with Crippen LogP contribution < -0.4 is 4.46 Å². The van der Waals surface area contributed by atoms with Crippen LogP contribution in [0.25, 0.3) is 0 Å². The van der Waals surface area contributed by atoms with Gasteiger partial charge in [0.25, 0.3) is 0 Å². The average Bonchev–Trinajstić information content (AvgIpc) is 2.94. The van der Waals surface area contributed by atoms with E-state index >= 15 is 0 Å². The van der Waals surface area contributed by atoms with Gasteiger partial charge in [-0.2, -0.15) is 0 Å². The molecule has 0 saturated heterocycles. The normalized spacial score (nSPS) is 10.7. The van der Waals surface area contributed by atoms with Crippen LogP contribution in [0.5, 0.6) is 0 Å². The van der Waals surface area contributed by atoms with Crippen molar-refractivity contribution in [3.63, 3.8) is 0 Å². The van der Waals surface area contributed by atoms with Crippen LogP contribution in [0.3, 0.4) is 0 Å². The summed E-state index contributed by atoms with van der Waals surface area (Å²) in [7, 11) is 0. The van der Waals surface area contributed by atoms with E-state index in [1.165, 1.54) is 15.6 Å². The summed E-state index contributed by atoms with van der Waals surface area (Å²) in [4.78, 5) is 0. The Labute approximate surface area is 131 Å². The summed E-state index contributed by atoms with van der Waals surface area (Å²) in [5.41, 5.74) is 3.62. The molecule has 0 bridgehead atoms. The number of hydrogen-bond donors (Lipinski definition) is 0. The second kappa shape index (κ2) is 6.70. The summed E-state index contributed by atoms with van der Waals surface area (Å²) in [5.74, 6) is 0. The predicted octanol–water partition coefficient (Wildman–Crippen LogP) is 2.16. The molecule has 0 aliphatic rings. The molecule has 4 heteroatoms. The molecule has 0 spiro atoms. The number of nitrogens with zero attached hydrogens (tertiary/aromatic N) is 3. The van der Waals surface area contributed by atoms with Gasteiger partial charge in [-0.1, -0.05) is 0 Å². The third-order valence-corrected chi connectivity index (χ3v) is 5.34. The fraction of sp³-hybridized carbons (Fsp3) is 0.176. The van der Waals surface area contributed by atoms with Gasteiger partial charge in [0.05, 0.1) is 0 Å². The Bertz CT molecular complexity index is 707. The zero-order valence-electron chi connectivity index (χ0n) is 11.9. The van der Waals surface area contributed by atoms with Crippen molar-refractivity contribution < 1.29 is 0 Å². The standard InChI is InChI=1S/C17H17N3Se/c1-14-6-5-7-15(10-14)11-20-12-16(18-19-20)13-21-17-8-3-2-4-9-17/h2-10,12H,11,13H2,1H3. The summed E-state index contributed by atoms with van der Waals surface area (Å²) < 4.78 is 3.32. The molecule has 3 rings (SSSR count). The van der Waals surface area contributed by atoms with Crippen LogP contribution in [-0.2, 0) is 11.9 Å². The van der Waals surface area contributed by atoms with E-state index < -0.39 is 0 Å². The molecule has 0 radical (unpaired) electrons. The maximum atomic E-state index is 4.28. The van der Waals surface area contributed by atoms with Crippen molar-refractivity contribution in [1.82, 2.24) is 15.0 Å². The molecule has 0 fully saturated rings. The molecule has 0 saturated carbocycles. The summed E-state index contributed by atoms with van der Waals surface area (Å²) in [6.45, 7) is 2.89. The Hall–Kier alpha value is -1.90. The van der Waals surface area contributed by atoms with E-state index in [1.54, 1.807) is 0 Å². The molecule has 0 aliphatic heterocycles. The predicted molar refractivity (Wildman–Crippen MR) is 85.8 cm³/mol. The molecule has 3 aromatic rings. The average molecular weight is 342 g/mol. The minimum atomic E-state index is 0.422. The molecule has 3 nitrogen and oxygen atoms in total. The Morgan fingerprint density at radius 2 is 1.90 bits per heavy atom. The van der Waals surface area contributed by atoms with Gasteiger partial charge in [0.2, 0.25) is 0 Å². The van der Waals surface area contributed by atoms with Crippen molar-refractivity contribution >= 4 is 19.4 Å². The number of aromatic nitrogens is 3. The molecular weight excluding hydrogens is 325 g/mol. The Morgan fingerprint density at radius 1 is 1.05 bits per heavy atom. The van der Waals surface area contributed by atoms with Crippen LogP contribution in [0.15, 0.2) is 60.8 Å². The van der Waals surface area contributed by atoms with E-state index in [0.29, 0.717) is 15.0 Å². The van der Waals surface area contributed by atoms with Crippen LogP contribution >= 0.6 is 0 Å². The SMILES string of the molecule is Cc1cccc(Cn2cc(C[Se]c3ccccc3)nn2)c1. The van der Waals surface area contributed by atoms with Crippen LogP contribution in [0.2, 0.25) is 0 Å². The molecule has 0 atom stereocenters. The van der Waals surface area contributed by atoms with Crippen molar-refractivity contribution in [2.24, 2.45) is 0 Å². The molecule has 0 unspecified atom stereocenters. The maximum absolute atomic E-state index is 4.28. The summed E-state index contributed by atoms with van der Waals surface area (Å²) in [6, 6.07) is 19.1. The summed E-state index contributed by atoms with van der Waals surface area (Å²) in [5, 5.41) is 9.50. The van der Waals surface area contributed by atoms with E-state index in [9.17, 15) is 0 Å². The summed E-state index contributed by atoms with van der Waals surface area (Å²) >= 11 is 0.422. The van der Waals surface area contributed by atoms with Crippen molar-refractivity contribution in [2.75, 3.05) is 0 Å². The fourth-order valence-corrected chi connectivity index (χ4v) is 3.82. The monoisotopic (exact) mass is 343 g/mol. The second-order valence-electron chi connectivity index (χ2n) is 5.00. The minimum absolute atomic E-state index is 0.422. The number of aryl methyl sites for hydroxylation is 1. The first-order valence-corrected chi connectivity index (χ1v) is 8.99. The number of rotatable bonds is 5. The van der Waals surface area contributed by atoms with Gasteiger partial charge in [-0.05, 0) is 0 Å². The Kier molecular flexibility index (Phi) is 4.49. The molecule has 2 aromatic carbocycles. The molecular formula is C17H17N3Se. The number of hydrogen-bond acceptors (Lipinski definition) is 2. The molecule has 106 valence electrons. The summed E-state index contributed by atoms with van der Waals surface area (Å²) in [6.07, 6.45) is 2.06. The molecule has 0 amide bonds. The van der Waals surface area contributed by atoms with E-state index in [4.69, 9.17) is 0 Å². The quantitative estimate of drug-likeness (QED) is 0.666. The van der Waals surface area contributed by atoms with Gasteiger partial charge in [0.15, 0.2) is 0 Å². The first-order valence-electron chi connectivity index (χ1n) is 6.92. The topological polar surface area (TPSA) is 30.7 Å². The van der Waals surface area contributed by atoms with Gasteiger partial charge in [0, 0.05) is 0 Å². The molecule has 0 aliphatic carbocycles. The molecule has 1 heterocycles. The molecule has 21 heavy (non-hydrogen) atoms. The van der Waals surface area contributed by atoms with E-state index in [0.717, 1.165) is 17.6 Å². The van der Waals surface area contributed by atoms with Gasteiger partial charge in [-0.25, -0.2) is 0 Å². The molecule has 1 aromatic heterocycles. The third-order valence-electron chi connectivity index (χ3n) is 3.14. The van der Waals surface area contributed by atoms with Gasteiger partial charge < -0.3 is 0 Å². The van der Waals surface area contributed by atoms with E-state index in [1.807, 2.05) is 4.68 Å². The first-order chi connectivity index (χ1) is 10.3. The van der Waals surface area contributed by atoms with Gasteiger partial charge in [0.1, 0.15) is 0 Å². The van der Waals surface area contributed by atoms with Gasteiger partial charge >= 0.3 is 131 Å². The van der Waals surface area contributed by atoms with Crippen molar-refractivity contribution in [1.29, 1.82) is 0 Å². The van der Waals surface area contributed by atoms with Crippen LogP contribution in [0, 0.1) is 6.92 Å². The molecule has 0 N–H and O–H groups in total. The van der Waals surface area contributed by atoms with Crippen molar-refractivity contribution in [3.05, 3.63) is 77.6 Å². The van der Waals surface area contributed by atoms with Crippen molar-refractivity contribution in [2.45, 2.75) is 18.8 Å². The van der Waals surface area contributed by atoms with Gasteiger partial charge in [-0.3, -0.25) is 0 Å².